The molecule has 0 bridgehead atoms. The summed E-state index contributed by atoms with van der Waals surface area (Å²) in [6.07, 6.45) is 3.90. The zero-order chi connectivity index (χ0) is 23.2. The lowest BCUT2D eigenvalue weighted by Crippen LogP contribution is -2.40. The van der Waals surface area contributed by atoms with E-state index < -0.39 is 6.04 Å². The van der Waals surface area contributed by atoms with E-state index in [0.29, 0.717) is 35.4 Å². The molecule has 0 aliphatic carbocycles. The number of carbonyl (C=O) groups is 1. The van der Waals surface area contributed by atoms with Gasteiger partial charge in [-0.2, -0.15) is 0 Å². The molecule has 0 saturated carbocycles. The molecule has 1 aliphatic rings. The lowest BCUT2D eigenvalue weighted by atomic mass is 9.95. The molecule has 3 N–H and O–H groups in total. The topological polar surface area (TPSA) is 94.8 Å². The summed E-state index contributed by atoms with van der Waals surface area (Å²) in [6, 6.07) is 16.3. The summed E-state index contributed by atoms with van der Waals surface area (Å²) in [7, 11) is 0. The Balaban J connectivity index is 1.61. The van der Waals surface area contributed by atoms with E-state index in [1.165, 1.54) is 12.1 Å². The molecule has 1 aromatic heterocycles. The number of halogens is 1. The van der Waals surface area contributed by atoms with Crippen molar-refractivity contribution in [3.63, 3.8) is 0 Å². The highest BCUT2D eigenvalue weighted by Crippen LogP contribution is 2.26. The maximum atomic E-state index is 13.3. The second-order valence-electron chi connectivity index (χ2n) is 7.75. The van der Waals surface area contributed by atoms with Crippen LogP contribution in [-0.4, -0.2) is 46.0 Å². The van der Waals surface area contributed by atoms with Crippen molar-refractivity contribution in [3.05, 3.63) is 107 Å². The number of aliphatic hydroxyl groups excluding tert-OH is 2. The molecule has 0 radical (unpaired) electrons. The van der Waals surface area contributed by atoms with Crippen molar-refractivity contribution in [3.8, 4) is 0 Å². The molecule has 3 aromatic rings. The van der Waals surface area contributed by atoms with Gasteiger partial charge < -0.3 is 15.5 Å². The minimum atomic E-state index is -0.520. The van der Waals surface area contributed by atoms with Gasteiger partial charge in [-0.3, -0.25) is 14.8 Å². The van der Waals surface area contributed by atoms with E-state index in [-0.39, 0.29) is 24.9 Å². The van der Waals surface area contributed by atoms with Crippen LogP contribution >= 0.6 is 0 Å². The molecule has 1 atom stereocenters. The number of aliphatic imine (C=N–C) groups is 1. The lowest BCUT2D eigenvalue weighted by molar-refractivity contribution is 0.0916. The minimum absolute atomic E-state index is 0.243. The third kappa shape index (κ3) is 5.22. The Kier molecular flexibility index (Phi) is 7.02. The SMILES string of the molecule is O=C(N[C@@H](CO)Cc1ccccn1)c1cccc(CO)c1C1=NCC(c2ccc(F)cc2)=C1. The van der Waals surface area contributed by atoms with Crippen molar-refractivity contribution in [2.75, 3.05) is 13.2 Å². The van der Waals surface area contributed by atoms with Crippen molar-refractivity contribution in [2.24, 2.45) is 4.99 Å². The average Bonchev–Trinajstić information content (AvgIpc) is 3.34. The molecule has 1 amide bonds. The highest BCUT2D eigenvalue weighted by atomic mass is 19.1. The molecule has 1 aliphatic heterocycles. The molecule has 0 saturated heterocycles. The molecule has 0 spiro atoms. The van der Waals surface area contributed by atoms with Crippen LogP contribution in [0.25, 0.3) is 5.57 Å². The van der Waals surface area contributed by atoms with Crippen LogP contribution in [-0.2, 0) is 13.0 Å². The second kappa shape index (κ2) is 10.3. The number of carbonyl (C=O) groups excluding carboxylic acids is 1. The molecular formula is C26H24FN3O3. The molecule has 0 unspecified atom stereocenters. The first-order valence-corrected chi connectivity index (χ1v) is 10.6. The normalized spacial score (nSPS) is 13.9. The van der Waals surface area contributed by atoms with Crippen LogP contribution < -0.4 is 5.32 Å². The third-order valence-corrected chi connectivity index (χ3v) is 5.50. The monoisotopic (exact) mass is 445 g/mol. The lowest BCUT2D eigenvalue weighted by Gasteiger charge is -2.18. The van der Waals surface area contributed by atoms with E-state index in [1.807, 2.05) is 18.2 Å². The Morgan fingerprint density at radius 3 is 2.58 bits per heavy atom. The summed E-state index contributed by atoms with van der Waals surface area (Å²) in [4.78, 5) is 22.0. The molecule has 2 heterocycles. The van der Waals surface area contributed by atoms with Crippen molar-refractivity contribution < 1.29 is 19.4 Å². The van der Waals surface area contributed by atoms with Crippen molar-refractivity contribution >= 4 is 17.2 Å². The van der Waals surface area contributed by atoms with Gasteiger partial charge in [0.15, 0.2) is 0 Å². The number of aromatic nitrogens is 1. The standard InChI is InChI=1S/C26H24FN3O3/c27-20-9-7-17(8-10-20)19-12-24(29-14-19)25-18(15-31)4-3-6-23(25)26(33)30-22(16-32)13-21-5-1-2-11-28-21/h1-12,22,31-32H,13-16H2,(H,30,33)/t22-/m1/s1. The van der Waals surface area contributed by atoms with Gasteiger partial charge in [-0.05, 0) is 53.1 Å². The number of pyridine rings is 1. The number of nitrogens with zero attached hydrogens (tertiary/aromatic N) is 2. The summed E-state index contributed by atoms with van der Waals surface area (Å²) < 4.78 is 13.3. The average molecular weight is 445 g/mol. The minimum Gasteiger partial charge on any atom is -0.394 e. The number of hydrogen-bond donors (Lipinski definition) is 3. The number of allylic oxidation sites excluding steroid dienone is 1. The zero-order valence-corrected chi connectivity index (χ0v) is 17.9. The first-order valence-electron chi connectivity index (χ1n) is 10.6. The van der Waals surface area contributed by atoms with Gasteiger partial charge in [0.2, 0.25) is 0 Å². The summed E-state index contributed by atoms with van der Waals surface area (Å²) in [5.74, 6) is -0.686. The Hall–Kier alpha value is -3.68. The fourth-order valence-electron chi connectivity index (χ4n) is 3.84. The number of aliphatic hydroxyl groups is 2. The van der Waals surface area contributed by atoms with Gasteiger partial charge in [0.05, 0.1) is 31.5 Å². The largest absolute Gasteiger partial charge is 0.394 e. The van der Waals surface area contributed by atoms with E-state index in [1.54, 1.807) is 42.6 Å². The van der Waals surface area contributed by atoms with Crippen LogP contribution in [0.5, 0.6) is 0 Å². The van der Waals surface area contributed by atoms with Gasteiger partial charge in [0.25, 0.3) is 5.91 Å². The smallest absolute Gasteiger partial charge is 0.252 e. The summed E-state index contributed by atoms with van der Waals surface area (Å²) >= 11 is 0. The maximum Gasteiger partial charge on any atom is 0.252 e. The molecule has 0 fully saturated rings. The van der Waals surface area contributed by atoms with Crippen LogP contribution in [0.4, 0.5) is 4.39 Å². The van der Waals surface area contributed by atoms with E-state index in [2.05, 4.69) is 15.3 Å². The van der Waals surface area contributed by atoms with Gasteiger partial charge >= 0.3 is 0 Å². The number of benzene rings is 2. The fraction of sp³-hybridized carbons (Fsp3) is 0.192. The van der Waals surface area contributed by atoms with E-state index in [0.717, 1.165) is 16.8 Å². The number of rotatable bonds is 8. The first kappa shape index (κ1) is 22.5. The summed E-state index contributed by atoms with van der Waals surface area (Å²) in [5, 5.41) is 22.6. The predicted octanol–water partition coefficient (Wildman–Crippen LogP) is 2.93. The van der Waals surface area contributed by atoms with Crippen LogP contribution in [0.2, 0.25) is 0 Å². The number of amides is 1. The highest BCUT2D eigenvalue weighted by molar-refractivity contribution is 6.20. The fourth-order valence-corrected chi connectivity index (χ4v) is 3.84. The maximum absolute atomic E-state index is 13.3. The Bertz CT molecular complexity index is 1190. The highest BCUT2D eigenvalue weighted by Gasteiger charge is 2.23. The molecule has 6 nitrogen and oxygen atoms in total. The number of hydrogen-bond acceptors (Lipinski definition) is 5. The molecule has 4 rings (SSSR count). The van der Waals surface area contributed by atoms with Crippen LogP contribution in [0, 0.1) is 5.82 Å². The molecule has 168 valence electrons. The van der Waals surface area contributed by atoms with Gasteiger partial charge in [0, 0.05) is 29.4 Å². The Labute approximate surface area is 191 Å². The van der Waals surface area contributed by atoms with E-state index >= 15 is 0 Å². The van der Waals surface area contributed by atoms with Crippen LogP contribution in [0.15, 0.2) is 77.9 Å². The van der Waals surface area contributed by atoms with E-state index in [4.69, 9.17) is 0 Å². The van der Waals surface area contributed by atoms with Crippen LogP contribution in [0.1, 0.15) is 32.7 Å². The van der Waals surface area contributed by atoms with Crippen molar-refractivity contribution in [2.45, 2.75) is 19.1 Å². The van der Waals surface area contributed by atoms with Gasteiger partial charge in [-0.25, -0.2) is 4.39 Å². The van der Waals surface area contributed by atoms with Crippen molar-refractivity contribution in [1.29, 1.82) is 0 Å². The third-order valence-electron chi connectivity index (χ3n) is 5.50. The molecule has 33 heavy (non-hydrogen) atoms. The number of nitrogens with one attached hydrogen (secondary N) is 1. The van der Waals surface area contributed by atoms with Crippen molar-refractivity contribution in [1.82, 2.24) is 10.3 Å². The van der Waals surface area contributed by atoms with Gasteiger partial charge in [0.1, 0.15) is 5.82 Å². The predicted molar refractivity (Wildman–Crippen MR) is 124 cm³/mol. The molecule has 7 heteroatoms. The molecular weight excluding hydrogens is 421 g/mol. The molecule has 2 aromatic carbocycles. The Morgan fingerprint density at radius 1 is 1.06 bits per heavy atom. The summed E-state index contributed by atoms with van der Waals surface area (Å²) in [5.41, 5.74) is 4.55. The second-order valence-corrected chi connectivity index (χ2v) is 7.75. The van der Waals surface area contributed by atoms with Gasteiger partial charge in [-0.1, -0.05) is 30.3 Å². The van der Waals surface area contributed by atoms with Gasteiger partial charge in [-0.15, -0.1) is 0 Å². The first-order chi connectivity index (χ1) is 16.1. The summed E-state index contributed by atoms with van der Waals surface area (Å²) in [6.45, 7) is -0.111. The van der Waals surface area contributed by atoms with E-state index in [9.17, 15) is 19.4 Å². The zero-order valence-electron chi connectivity index (χ0n) is 17.9. The quantitative estimate of drug-likeness (QED) is 0.497. The Morgan fingerprint density at radius 2 is 1.88 bits per heavy atom. The van der Waals surface area contributed by atoms with Crippen LogP contribution in [0.3, 0.4) is 0 Å².